The van der Waals surface area contributed by atoms with E-state index in [1.165, 1.54) is 24.4 Å². The van der Waals surface area contributed by atoms with Crippen molar-refractivity contribution < 1.29 is 18.0 Å². The molecule has 0 unspecified atom stereocenters. The van der Waals surface area contributed by atoms with E-state index in [1.807, 2.05) is 0 Å². The fraction of sp³-hybridized carbons (Fsp3) is 0.200. The van der Waals surface area contributed by atoms with Gasteiger partial charge in [0.25, 0.3) is 5.91 Å². The average Bonchev–Trinajstić information content (AvgIpc) is 2.46. The van der Waals surface area contributed by atoms with Gasteiger partial charge in [0.2, 0.25) is 0 Å². The van der Waals surface area contributed by atoms with Crippen molar-refractivity contribution >= 4 is 28.9 Å². The molecule has 0 spiro atoms. The quantitative estimate of drug-likeness (QED) is 0.854. The molecule has 0 aliphatic carbocycles. The Hall–Kier alpha value is -2.28. The number of aromatic nitrogens is 1. The summed E-state index contributed by atoms with van der Waals surface area (Å²) >= 11 is 5.71. The Morgan fingerprint density at radius 3 is 2.48 bits per heavy atom. The third kappa shape index (κ3) is 4.13. The van der Waals surface area contributed by atoms with Crippen LogP contribution in [-0.2, 0) is 6.18 Å². The number of hydrogen-bond acceptors (Lipinski definition) is 3. The average molecular weight is 344 g/mol. The summed E-state index contributed by atoms with van der Waals surface area (Å²) in [6.45, 7) is 0. The summed E-state index contributed by atoms with van der Waals surface area (Å²) in [5.41, 5.74) is -0.132. The Labute approximate surface area is 135 Å². The van der Waals surface area contributed by atoms with E-state index in [0.717, 1.165) is 12.1 Å². The predicted molar refractivity (Wildman–Crippen MR) is 83.0 cm³/mol. The van der Waals surface area contributed by atoms with Crippen LogP contribution in [0.2, 0.25) is 5.15 Å². The van der Waals surface area contributed by atoms with Gasteiger partial charge in [0.05, 0.1) is 16.9 Å². The molecule has 1 N–H and O–H groups in total. The summed E-state index contributed by atoms with van der Waals surface area (Å²) in [7, 11) is 3.34. The minimum atomic E-state index is -4.50. The summed E-state index contributed by atoms with van der Waals surface area (Å²) in [5, 5.41) is 2.60. The number of nitrogens with zero attached hydrogens (tertiary/aromatic N) is 2. The van der Waals surface area contributed by atoms with Crippen molar-refractivity contribution in [2.24, 2.45) is 0 Å². The molecule has 0 fully saturated rings. The monoisotopic (exact) mass is 343 g/mol. The molecular weight excluding hydrogens is 331 g/mol. The van der Waals surface area contributed by atoms with Gasteiger partial charge in [-0.2, -0.15) is 13.2 Å². The fourth-order valence-electron chi connectivity index (χ4n) is 1.94. The highest BCUT2D eigenvalue weighted by atomic mass is 35.5. The first-order chi connectivity index (χ1) is 10.7. The summed E-state index contributed by atoms with van der Waals surface area (Å²) < 4.78 is 38.6. The maximum absolute atomic E-state index is 12.9. The van der Waals surface area contributed by atoms with E-state index in [4.69, 9.17) is 11.6 Å². The van der Waals surface area contributed by atoms with Gasteiger partial charge >= 0.3 is 6.18 Å². The number of carbonyl (C=O) groups is 1. The van der Waals surface area contributed by atoms with Gasteiger partial charge in [-0.3, -0.25) is 4.79 Å². The van der Waals surface area contributed by atoms with Gasteiger partial charge in [-0.15, -0.1) is 0 Å². The second-order valence-corrected chi connectivity index (χ2v) is 5.33. The van der Waals surface area contributed by atoms with E-state index in [2.05, 4.69) is 10.3 Å². The fourth-order valence-corrected chi connectivity index (χ4v) is 2.11. The summed E-state index contributed by atoms with van der Waals surface area (Å²) in [5.74, 6) is -0.572. The molecule has 0 radical (unpaired) electrons. The maximum atomic E-state index is 12.9. The van der Waals surface area contributed by atoms with Gasteiger partial charge in [-0.1, -0.05) is 11.6 Å². The van der Waals surface area contributed by atoms with E-state index in [0.29, 0.717) is 5.69 Å². The molecule has 0 aliphatic rings. The van der Waals surface area contributed by atoms with Crippen molar-refractivity contribution in [1.82, 2.24) is 4.98 Å². The lowest BCUT2D eigenvalue weighted by atomic mass is 10.1. The van der Waals surface area contributed by atoms with E-state index >= 15 is 0 Å². The zero-order valence-electron chi connectivity index (χ0n) is 12.3. The van der Waals surface area contributed by atoms with Gasteiger partial charge in [0, 0.05) is 25.9 Å². The van der Waals surface area contributed by atoms with Crippen LogP contribution in [0, 0.1) is 0 Å². The molecule has 8 heteroatoms. The van der Waals surface area contributed by atoms with Crippen LogP contribution in [0.25, 0.3) is 0 Å². The molecule has 0 saturated carbocycles. The van der Waals surface area contributed by atoms with Crippen LogP contribution in [-0.4, -0.2) is 25.0 Å². The van der Waals surface area contributed by atoms with Gasteiger partial charge in [0.1, 0.15) is 5.15 Å². The van der Waals surface area contributed by atoms with E-state index < -0.39 is 17.6 Å². The number of hydrogen-bond donors (Lipinski definition) is 1. The molecule has 2 rings (SSSR count). The number of amides is 1. The first-order valence-corrected chi connectivity index (χ1v) is 6.88. The van der Waals surface area contributed by atoms with E-state index in [-0.39, 0.29) is 16.4 Å². The van der Waals surface area contributed by atoms with Crippen LogP contribution < -0.4 is 10.2 Å². The maximum Gasteiger partial charge on any atom is 0.416 e. The van der Waals surface area contributed by atoms with Gasteiger partial charge in [-0.25, -0.2) is 4.98 Å². The molecule has 23 heavy (non-hydrogen) atoms. The van der Waals surface area contributed by atoms with Crippen LogP contribution in [0.4, 0.5) is 24.5 Å². The number of carbonyl (C=O) groups excluding carboxylic acids is 1. The zero-order valence-corrected chi connectivity index (χ0v) is 13.0. The third-order valence-corrected chi connectivity index (χ3v) is 3.25. The standard InChI is InChI=1S/C15H13ClF3N3O/c1-22(2)12-4-3-10(15(17,18)19)8-11(12)21-14(23)9-5-6-20-13(16)7-9/h3-8H,1-2H3,(H,21,23). The second-order valence-electron chi connectivity index (χ2n) is 4.95. The Bertz CT molecular complexity index is 732. The zero-order chi connectivity index (χ0) is 17.2. The summed E-state index contributed by atoms with van der Waals surface area (Å²) in [4.78, 5) is 17.6. The molecule has 1 aromatic carbocycles. The lowest BCUT2D eigenvalue weighted by Gasteiger charge is -2.19. The normalized spacial score (nSPS) is 11.2. The lowest BCUT2D eigenvalue weighted by molar-refractivity contribution is -0.137. The molecule has 0 aliphatic heterocycles. The van der Waals surface area contributed by atoms with Crippen molar-refractivity contribution in [2.45, 2.75) is 6.18 Å². The van der Waals surface area contributed by atoms with Crippen LogP contribution in [0.1, 0.15) is 15.9 Å². The van der Waals surface area contributed by atoms with Crippen molar-refractivity contribution in [2.75, 3.05) is 24.3 Å². The Morgan fingerprint density at radius 2 is 1.91 bits per heavy atom. The van der Waals surface area contributed by atoms with Gasteiger partial charge in [-0.05, 0) is 30.3 Å². The Kier molecular flexibility index (Phi) is 4.79. The second kappa shape index (κ2) is 6.45. The van der Waals surface area contributed by atoms with Crippen molar-refractivity contribution in [1.29, 1.82) is 0 Å². The molecule has 1 aromatic heterocycles. The number of pyridine rings is 1. The molecule has 0 saturated heterocycles. The number of anilines is 2. The molecule has 1 heterocycles. The van der Waals surface area contributed by atoms with E-state index in [9.17, 15) is 18.0 Å². The number of nitrogens with one attached hydrogen (secondary N) is 1. The third-order valence-electron chi connectivity index (χ3n) is 3.04. The molecular formula is C15H13ClF3N3O. The summed E-state index contributed by atoms with van der Waals surface area (Å²) in [6, 6.07) is 5.92. The lowest BCUT2D eigenvalue weighted by Crippen LogP contribution is -2.18. The highest BCUT2D eigenvalue weighted by Crippen LogP contribution is 2.35. The number of benzene rings is 1. The number of halogens is 4. The van der Waals surface area contributed by atoms with Gasteiger partial charge in [0.15, 0.2) is 0 Å². The van der Waals surface area contributed by atoms with Crippen molar-refractivity contribution in [3.63, 3.8) is 0 Å². The highest BCUT2D eigenvalue weighted by Gasteiger charge is 2.31. The van der Waals surface area contributed by atoms with Crippen LogP contribution in [0.5, 0.6) is 0 Å². The summed E-state index contributed by atoms with van der Waals surface area (Å²) in [6.07, 6.45) is -3.15. The van der Waals surface area contributed by atoms with E-state index in [1.54, 1.807) is 19.0 Å². The molecule has 4 nitrogen and oxygen atoms in total. The van der Waals surface area contributed by atoms with Crippen LogP contribution in [0.3, 0.4) is 0 Å². The van der Waals surface area contributed by atoms with Crippen LogP contribution in [0.15, 0.2) is 36.5 Å². The van der Waals surface area contributed by atoms with Crippen molar-refractivity contribution in [3.8, 4) is 0 Å². The molecule has 0 bridgehead atoms. The Balaban J connectivity index is 2.38. The molecule has 122 valence electrons. The molecule has 0 atom stereocenters. The van der Waals surface area contributed by atoms with Gasteiger partial charge < -0.3 is 10.2 Å². The van der Waals surface area contributed by atoms with Crippen molar-refractivity contribution in [3.05, 3.63) is 52.8 Å². The topological polar surface area (TPSA) is 45.2 Å². The smallest absolute Gasteiger partial charge is 0.376 e. The molecule has 1 amide bonds. The van der Waals surface area contributed by atoms with Crippen LogP contribution >= 0.6 is 11.6 Å². The first kappa shape index (κ1) is 17.1. The first-order valence-electron chi connectivity index (χ1n) is 6.50. The molecule has 2 aromatic rings. The minimum Gasteiger partial charge on any atom is -0.376 e. The Morgan fingerprint density at radius 1 is 1.22 bits per heavy atom. The SMILES string of the molecule is CN(C)c1ccc(C(F)(F)F)cc1NC(=O)c1ccnc(Cl)c1. The number of rotatable bonds is 3. The largest absolute Gasteiger partial charge is 0.416 e. The number of alkyl halides is 3. The minimum absolute atomic E-state index is 0.0581. The predicted octanol–water partition coefficient (Wildman–Crippen LogP) is 4.07. The highest BCUT2D eigenvalue weighted by molar-refractivity contribution is 6.29.